The molecule has 2 atom stereocenters. The second-order valence-corrected chi connectivity index (χ2v) is 10.4. The summed E-state index contributed by atoms with van der Waals surface area (Å²) in [5, 5.41) is 4.12. The van der Waals surface area contributed by atoms with Crippen molar-refractivity contribution >= 4 is 31.6 Å². The molecule has 2 aliphatic heterocycles. The van der Waals surface area contributed by atoms with Crippen LogP contribution in [0.15, 0.2) is 30.3 Å². The summed E-state index contributed by atoms with van der Waals surface area (Å²) in [6, 6.07) is 9.84. The number of sulfonamides is 1. The van der Waals surface area contributed by atoms with Crippen molar-refractivity contribution in [1.29, 1.82) is 0 Å². The van der Waals surface area contributed by atoms with E-state index in [2.05, 4.69) is 9.62 Å². The molecule has 0 aliphatic carbocycles. The van der Waals surface area contributed by atoms with E-state index in [9.17, 15) is 8.42 Å². The molecule has 2 heterocycles. The van der Waals surface area contributed by atoms with E-state index in [0.29, 0.717) is 11.5 Å². The highest BCUT2D eigenvalue weighted by Crippen LogP contribution is 2.47. The number of fused-ring (bicyclic) bond motifs is 7. The Hall–Kier alpha value is -2.55. The van der Waals surface area contributed by atoms with Gasteiger partial charge in [0.1, 0.15) is 5.75 Å². The Labute approximate surface area is 188 Å². The van der Waals surface area contributed by atoms with E-state index in [1.807, 2.05) is 30.3 Å². The third-order valence-electron chi connectivity index (χ3n) is 6.79. The van der Waals surface area contributed by atoms with Gasteiger partial charge in [0.25, 0.3) is 0 Å². The third kappa shape index (κ3) is 3.37. The molecule has 8 heteroatoms. The molecule has 5 rings (SSSR count). The van der Waals surface area contributed by atoms with Crippen LogP contribution in [0, 0.1) is 0 Å². The highest BCUT2D eigenvalue weighted by atomic mass is 32.2. The highest BCUT2D eigenvalue weighted by molar-refractivity contribution is 7.88. The van der Waals surface area contributed by atoms with Gasteiger partial charge in [0.15, 0.2) is 11.5 Å². The minimum Gasteiger partial charge on any atom is -0.497 e. The van der Waals surface area contributed by atoms with Gasteiger partial charge in [0.05, 0.1) is 33.6 Å². The van der Waals surface area contributed by atoms with E-state index >= 15 is 0 Å². The summed E-state index contributed by atoms with van der Waals surface area (Å²) in [7, 11) is 1.50. The molecule has 1 fully saturated rings. The van der Waals surface area contributed by atoms with Crippen LogP contribution >= 0.6 is 0 Å². The summed E-state index contributed by atoms with van der Waals surface area (Å²) in [6.07, 6.45) is 3.26. The summed E-state index contributed by atoms with van der Waals surface area (Å²) in [5.41, 5.74) is 2.19. The van der Waals surface area contributed by atoms with E-state index in [1.54, 1.807) is 21.3 Å². The fourth-order valence-corrected chi connectivity index (χ4v) is 6.22. The Morgan fingerprint density at radius 3 is 2.28 bits per heavy atom. The lowest BCUT2D eigenvalue weighted by molar-refractivity contribution is 0.192. The van der Waals surface area contributed by atoms with Crippen molar-refractivity contribution in [3.8, 4) is 17.2 Å². The number of methoxy groups -OCH3 is 3. The third-order valence-corrected chi connectivity index (χ3v) is 7.48. The van der Waals surface area contributed by atoms with Gasteiger partial charge in [-0.15, -0.1) is 0 Å². The topological polar surface area (TPSA) is 77.1 Å². The summed E-state index contributed by atoms with van der Waals surface area (Å²) >= 11 is 0. The molecule has 2 aliphatic rings. The van der Waals surface area contributed by atoms with E-state index in [4.69, 9.17) is 14.2 Å². The number of ether oxygens (including phenoxy) is 3. The molecule has 0 bridgehead atoms. The molecule has 170 valence electrons. The highest BCUT2D eigenvalue weighted by Gasteiger charge is 2.41. The van der Waals surface area contributed by atoms with Crippen LogP contribution in [-0.2, 0) is 16.6 Å². The first kappa shape index (κ1) is 21.3. The smallest absolute Gasteiger partial charge is 0.209 e. The van der Waals surface area contributed by atoms with Gasteiger partial charge in [-0.2, -0.15) is 0 Å². The first-order valence-corrected chi connectivity index (χ1v) is 12.6. The average Bonchev–Trinajstić information content (AvgIpc) is 3.25. The molecule has 1 saturated heterocycles. The maximum Gasteiger partial charge on any atom is 0.209 e. The molecular formula is C24H28N2O5S. The Kier molecular flexibility index (Phi) is 5.19. The molecule has 0 radical (unpaired) electrons. The van der Waals surface area contributed by atoms with Gasteiger partial charge in [-0.1, -0.05) is 6.07 Å². The van der Waals surface area contributed by atoms with Crippen molar-refractivity contribution in [2.45, 2.75) is 31.5 Å². The Morgan fingerprint density at radius 2 is 1.62 bits per heavy atom. The van der Waals surface area contributed by atoms with Crippen LogP contribution in [0.25, 0.3) is 21.5 Å². The molecule has 0 saturated carbocycles. The Balaban J connectivity index is 1.91. The van der Waals surface area contributed by atoms with Gasteiger partial charge in [-0.3, -0.25) is 4.90 Å². The lowest BCUT2D eigenvalue weighted by atomic mass is 9.82. The first-order valence-electron chi connectivity index (χ1n) is 10.7. The monoisotopic (exact) mass is 456 g/mol. The molecule has 0 aromatic heterocycles. The minimum atomic E-state index is -3.41. The summed E-state index contributed by atoms with van der Waals surface area (Å²) in [6.45, 7) is 1.73. The molecule has 3 aromatic carbocycles. The largest absolute Gasteiger partial charge is 0.497 e. The Bertz CT molecular complexity index is 1320. The number of rotatable bonds is 5. The van der Waals surface area contributed by atoms with Crippen LogP contribution in [-0.4, -0.2) is 53.5 Å². The molecule has 0 unspecified atom stereocenters. The lowest BCUT2D eigenvalue weighted by Gasteiger charge is -2.40. The van der Waals surface area contributed by atoms with Crippen LogP contribution < -0.4 is 18.9 Å². The van der Waals surface area contributed by atoms with Gasteiger partial charge in [0.2, 0.25) is 10.0 Å². The van der Waals surface area contributed by atoms with Crippen molar-refractivity contribution in [2.24, 2.45) is 0 Å². The average molecular weight is 457 g/mol. The van der Waals surface area contributed by atoms with Crippen molar-refractivity contribution in [3.63, 3.8) is 0 Å². The molecule has 0 amide bonds. The number of benzene rings is 3. The van der Waals surface area contributed by atoms with Crippen LogP contribution in [0.3, 0.4) is 0 Å². The zero-order valence-electron chi connectivity index (χ0n) is 18.8. The number of hydrogen-bond acceptors (Lipinski definition) is 6. The normalized spacial score (nSPS) is 20.9. The van der Waals surface area contributed by atoms with Gasteiger partial charge in [0, 0.05) is 12.6 Å². The number of nitrogens with zero attached hydrogens (tertiary/aromatic N) is 1. The van der Waals surface area contributed by atoms with Gasteiger partial charge in [-0.05, 0) is 76.3 Å². The first-order chi connectivity index (χ1) is 15.3. The van der Waals surface area contributed by atoms with Crippen molar-refractivity contribution in [2.75, 3.05) is 34.1 Å². The molecule has 0 spiro atoms. The summed E-state index contributed by atoms with van der Waals surface area (Å²) < 4.78 is 44.5. The van der Waals surface area contributed by atoms with Crippen molar-refractivity contribution < 1.29 is 22.6 Å². The zero-order valence-corrected chi connectivity index (χ0v) is 19.6. The molecule has 3 aromatic rings. The quantitative estimate of drug-likeness (QED) is 0.592. The predicted octanol–water partition coefficient (Wildman–Crippen LogP) is 3.59. The number of hydrogen-bond donors (Lipinski definition) is 1. The minimum absolute atomic E-state index is 0.139. The van der Waals surface area contributed by atoms with E-state index in [1.165, 1.54) is 6.26 Å². The maximum absolute atomic E-state index is 12.4. The van der Waals surface area contributed by atoms with E-state index in [-0.39, 0.29) is 12.1 Å². The van der Waals surface area contributed by atoms with Gasteiger partial charge < -0.3 is 14.2 Å². The van der Waals surface area contributed by atoms with E-state index < -0.39 is 10.0 Å². The molecule has 1 N–H and O–H groups in total. The SMILES string of the molecule is COc1ccc2c3c(c4cc(OC)c(OC)cc4c2c1)CN1CCC[C@H]1[C@H]3NS(C)(=O)=O. The van der Waals surface area contributed by atoms with Crippen molar-refractivity contribution in [1.82, 2.24) is 9.62 Å². The maximum atomic E-state index is 12.4. The summed E-state index contributed by atoms with van der Waals surface area (Å²) in [5.74, 6) is 2.06. The van der Waals surface area contributed by atoms with E-state index in [0.717, 1.165) is 64.4 Å². The van der Waals surface area contributed by atoms with Crippen LogP contribution in [0.1, 0.15) is 30.0 Å². The van der Waals surface area contributed by atoms with Gasteiger partial charge in [-0.25, -0.2) is 13.1 Å². The van der Waals surface area contributed by atoms with Crippen LogP contribution in [0.5, 0.6) is 17.2 Å². The lowest BCUT2D eigenvalue weighted by Crippen LogP contribution is -2.46. The second kappa shape index (κ2) is 7.79. The standard InChI is InChI=1S/C24H28N2O5S/c1-29-14-7-8-15-16(10-14)17-11-21(30-2)22(31-3)12-18(17)19-13-26-9-5-6-20(26)24(23(15)19)25-32(4,27)28/h7-8,10-12,20,24-25H,5-6,9,13H2,1-4H3/t20-,24+/m0/s1. The summed E-state index contributed by atoms with van der Waals surface area (Å²) in [4.78, 5) is 2.40. The Morgan fingerprint density at radius 1 is 0.938 bits per heavy atom. The fraction of sp³-hybridized carbons (Fsp3) is 0.417. The molecular weight excluding hydrogens is 428 g/mol. The second-order valence-electron chi connectivity index (χ2n) is 8.60. The molecule has 32 heavy (non-hydrogen) atoms. The van der Waals surface area contributed by atoms with Crippen molar-refractivity contribution in [3.05, 3.63) is 41.5 Å². The van der Waals surface area contributed by atoms with Crippen LogP contribution in [0.2, 0.25) is 0 Å². The van der Waals surface area contributed by atoms with Gasteiger partial charge >= 0.3 is 0 Å². The predicted molar refractivity (Wildman–Crippen MR) is 125 cm³/mol. The fourth-order valence-electron chi connectivity index (χ4n) is 5.48. The van der Waals surface area contributed by atoms with Crippen LogP contribution in [0.4, 0.5) is 0 Å². The molecule has 7 nitrogen and oxygen atoms in total. The zero-order chi connectivity index (χ0) is 22.6. The number of nitrogens with one attached hydrogen (secondary N) is 1.